The number of aliphatic hydroxyl groups excluding tert-OH is 1. The minimum absolute atomic E-state index is 0.0168. The predicted octanol–water partition coefficient (Wildman–Crippen LogP) is 2.92. The van der Waals surface area contributed by atoms with Gasteiger partial charge in [0.15, 0.2) is 0 Å². The van der Waals surface area contributed by atoms with E-state index in [0.29, 0.717) is 11.6 Å². The zero-order chi connectivity index (χ0) is 21.1. The Hall–Kier alpha value is -1.73. The van der Waals surface area contributed by atoms with Crippen LogP contribution < -0.4 is 16.4 Å². The number of allylic oxidation sites excluding steroid dienone is 1. The van der Waals surface area contributed by atoms with Crippen molar-refractivity contribution < 1.29 is 5.11 Å². The molecule has 7 heteroatoms. The number of rotatable bonds is 7. The molecule has 0 spiro atoms. The molecule has 156 valence electrons. The molecule has 0 aromatic heterocycles. The van der Waals surface area contributed by atoms with Crippen LogP contribution in [0.1, 0.15) is 48.0 Å². The van der Waals surface area contributed by atoms with Crippen LogP contribution >= 0.6 is 11.8 Å². The Labute approximate surface area is 173 Å². The summed E-state index contributed by atoms with van der Waals surface area (Å²) in [5.74, 6) is 1.31. The van der Waals surface area contributed by atoms with Crippen LogP contribution in [0.4, 0.5) is 0 Å². The Morgan fingerprint density at radius 2 is 2.14 bits per heavy atom. The largest absolute Gasteiger partial charge is 0.398 e. The van der Waals surface area contributed by atoms with E-state index in [2.05, 4.69) is 64.3 Å². The zero-order valence-electron chi connectivity index (χ0n) is 17.8. The monoisotopic (exact) mass is 405 g/mol. The van der Waals surface area contributed by atoms with Crippen LogP contribution in [0.5, 0.6) is 0 Å². The Balaban J connectivity index is 2.39. The van der Waals surface area contributed by atoms with Gasteiger partial charge >= 0.3 is 0 Å². The molecular formula is C21H35N5OS. The summed E-state index contributed by atoms with van der Waals surface area (Å²) in [6.45, 7) is 12.9. The summed E-state index contributed by atoms with van der Waals surface area (Å²) in [4.78, 5) is 5.87. The number of dihydropyridines is 1. The Bertz CT molecular complexity index is 717. The third-order valence-corrected chi connectivity index (χ3v) is 6.15. The summed E-state index contributed by atoms with van der Waals surface area (Å²) < 4.78 is -0.330. The van der Waals surface area contributed by atoms with Crippen LogP contribution in [-0.4, -0.2) is 46.1 Å². The molecule has 0 aliphatic carbocycles. The highest BCUT2D eigenvalue weighted by molar-refractivity contribution is 8.05. The lowest BCUT2D eigenvalue weighted by molar-refractivity contribution is 0.229. The highest BCUT2D eigenvalue weighted by atomic mass is 32.2. The van der Waals surface area contributed by atoms with Gasteiger partial charge in [0.05, 0.1) is 17.4 Å². The Morgan fingerprint density at radius 3 is 2.68 bits per heavy atom. The summed E-state index contributed by atoms with van der Waals surface area (Å²) in [6, 6.07) is -0.0993. The van der Waals surface area contributed by atoms with Crippen LogP contribution in [0.15, 0.2) is 39.5 Å². The van der Waals surface area contributed by atoms with Crippen molar-refractivity contribution >= 4 is 23.8 Å². The predicted molar refractivity (Wildman–Crippen MR) is 121 cm³/mol. The molecule has 0 aromatic rings. The van der Waals surface area contributed by atoms with Crippen LogP contribution in [0.3, 0.4) is 0 Å². The molecule has 0 bridgehead atoms. The van der Waals surface area contributed by atoms with Gasteiger partial charge in [0, 0.05) is 40.2 Å². The first-order valence-corrected chi connectivity index (χ1v) is 10.6. The average Bonchev–Trinajstić information content (AvgIpc) is 2.90. The number of amidine groups is 1. The minimum Gasteiger partial charge on any atom is -0.398 e. The molecular weight excluding hydrogens is 370 g/mol. The molecule has 0 saturated heterocycles. The first-order chi connectivity index (χ1) is 13.0. The highest BCUT2D eigenvalue weighted by Crippen LogP contribution is 2.50. The fraction of sp³-hybridized carbons (Fsp3) is 0.619. The van der Waals surface area contributed by atoms with E-state index in [1.165, 1.54) is 6.21 Å². The molecule has 2 unspecified atom stereocenters. The normalized spacial score (nSPS) is 26.2. The summed E-state index contributed by atoms with van der Waals surface area (Å²) >= 11 is 1.66. The third kappa shape index (κ3) is 5.41. The van der Waals surface area contributed by atoms with Gasteiger partial charge in [0.2, 0.25) is 0 Å². The standard InChI is InChI=1S/C21H35N5OS/c1-13(2)9-14(12-27)24-18-11-19(26-20(3,4)5)25-17-10-16(15(23)7-8-22)28-21(17,18)6/h7-8,10-11,13-14,17,22,24,27H,9,12,23H2,1-6H3,(H,25,26)/b15-7-,22-8?/t14-,17?,21?/m1/s1. The van der Waals surface area contributed by atoms with Crippen molar-refractivity contribution in [2.75, 3.05) is 6.61 Å². The van der Waals surface area contributed by atoms with Gasteiger partial charge in [-0.3, -0.25) is 4.99 Å². The minimum atomic E-state index is -0.330. The quantitative estimate of drug-likeness (QED) is 0.419. The van der Waals surface area contributed by atoms with Gasteiger partial charge in [-0.1, -0.05) is 13.8 Å². The van der Waals surface area contributed by atoms with E-state index in [-0.39, 0.29) is 29.0 Å². The van der Waals surface area contributed by atoms with Gasteiger partial charge < -0.3 is 26.9 Å². The Kier molecular flexibility index (Phi) is 7.04. The lowest BCUT2D eigenvalue weighted by atomic mass is 9.92. The molecule has 0 aromatic carbocycles. The Morgan fingerprint density at radius 1 is 1.46 bits per heavy atom. The molecule has 6 nitrogen and oxygen atoms in total. The molecule has 6 N–H and O–H groups in total. The van der Waals surface area contributed by atoms with Crippen LogP contribution in [0.2, 0.25) is 0 Å². The third-order valence-electron chi connectivity index (χ3n) is 4.68. The summed E-state index contributed by atoms with van der Waals surface area (Å²) in [7, 11) is 0. The van der Waals surface area contributed by atoms with Crippen molar-refractivity contribution in [1.82, 2.24) is 10.6 Å². The highest BCUT2D eigenvalue weighted by Gasteiger charge is 2.46. The molecule has 2 heterocycles. The molecule has 2 aliphatic heterocycles. The topological polar surface area (TPSA) is 107 Å². The first-order valence-electron chi connectivity index (χ1n) is 9.81. The number of nitrogens with zero attached hydrogens (tertiary/aromatic N) is 1. The molecule has 0 radical (unpaired) electrons. The van der Waals surface area contributed by atoms with E-state index in [1.807, 2.05) is 0 Å². The zero-order valence-corrected chi connectivity index (χ0v) is 18.7. The fourth-order valence-corrected chi connectivity index (χ4v) is 4.71. The second kappa shape index (κ2) is 8.74. The van der Waals surface area contributed by atoms with Gasteiger partial charge in [-0.25, -0.2) is 0 Å². The second-order valence-electron chi connectivity index (χ2n) is 9.07. The van der Waals surface area contributed by atoms with Crippen LogP contribution in [0.25, 0.3) is 0 Å². The van der Waals surface area contributed by atoms with E-state index < -0.39 is 0 Å². The molecule has 0 fully saturated rings. The van der Waals surface area contributed by atoms with E-state index in [0.717, 1.165) is 22.9 Å². The number of nitrogens with one attached hydrogen (secondary N) is 3. The number of hydrogen-bond donors (Lipinski definition) is 5. The number of hydrogen-bond acceptors (Lipinski definition) is 7. The smallest absolute Gasteiger partial charge is 0.123 e. The second-order valence-corrected chi connectivity index (χ2v) is 10.6. The number of thioether (sulfide) groups is 1. The summed E-state index contributed by atoms with van der Waals surface area (Å²) in [5.41, 5.74) is 7.66. The molecule has 3 atom stereocenters. The van der Waals surface area contributed by atoms with Gasteiger partial charge in [-0.15, -0.1) is 11.8 Å². The van der Waals surface area contributed by atoms with Gasteiger partial charge in [-0.05, 0) is 52.2 Å². The van der Waals surface area contributed by atoms with Crippen molar-refractivity contribution in [3.63, 3.8) is 0 Å². The van der Waals surface area contributed by atoms with Crippen molar-refractivity contribution in [2.24, 2.45) is 16.6 Å². The van der Waals surface area contributed by atoms with E-state index in [4.69, 9.17) is 16.1 Å². The lowest BCUT2D eigenvalue weighted by Crippen LogP contribution is -2.50. The van der Waals surface area contributed by atoms with Crippen LogP contribution in [-0.2, 0) is 0 Å². The van der Waals surface area contributed by atoms with Gasteiger partial charge in [-0.2, -0.15) is 0 Å². The number of aliphatic imine (C=N–C) groups is 1. The number of aliphatic hydroxyl groups is 1. The SMILES string of the molecule is CC(C)C[C@H](CO)NC1=CC(NC(C)(C)C)=NC2C=C(/C(N)=C/C=N)SC12C. The van der Waals surface area contributed by atoms with Crippen molar-refractivity contribution in [2.45, 2.75) is 70.3 Å². The maximum Gasteiger partial charge on any atom is 0.123 e. The lowest BCUT2D eigenvalue weighted by Gasteiger charge is -2.38. The summed E-state index contributed by atoms with van der Waals surface area (Å²) in [6.07, 6.45) is 7.83. The van der Waals surface area contributed by atoms with Gasteiger partial charge in [0.25, 0.3) is 0 Å². The van der Waals surface area contributed by atoms with E-state index in [9.17, 15) is 5.11 Å². The number of nitrogens with two attached hydrogens (primary N) is 1. The fourth-order valence-electron chi connectivity index (χ4n) is 3.40. The van der Waals surface area contributed by atoms with Crippen molar-refractivity contribution in [3.8, 4) is 0 Å². The average molecular weight is 406 g/mol. The van der Waals surface area contributed by atoms with E-state index >= 15 is 0 Å². The van der Waals surface area contributed by atoms with Crippen LogP contribution in [0, 0.1) is 11.3 Å². The maximum atomic E-state index is 9.88. The molecule has 2 aliphatic rings. The first kappa shape index (κ1) is 22.6. The number of fused-ring (bicyclic) bond motifs is 1. The maximum absolute atomic E-state index is 9.88. The summed E-state index contributed by atoms with van der Waals surface area (Å²) in [5, 5.41) is 24.2. The molecule has 28 heavy (non-hydrogen) atoms. The molecule has 2 rings (SSSR count). The van der Waals surface area contributed by atoms with Gasteiger partial charge in [0.1, 0.15) is 5.84 Å². The van der Waals surface area contributed by atoms with Crippen molar-refractivity contribution in [1.29, 1.82) is 5.41 Å². The van der Waals surface area contributed by atoms with E-state index in [1.54, 1.807) is 17.8 Å². The van der Waals surface area contributed by atoms with Crippen molar-refractivity contribution in [3.05, 3.63) is 34.5 Å². The molecule has 0 amide bonds. The molecule has 0 saturated carbocycles.